The second-order valence-electron chi connectivity index (χ2n) is 25.2. The lowest BCUT2D eigenvalue weighted by Crippen LogP contribution is -2.30. The number of hydrogen-bond acceptors (Lipinski definition) is 15. The van der Waals surface area contributed by atoms with Crippen LogP contribution in [0.15, 0.2) is 85.1 Å². The van der Waals surface area contributed by atoms with Gasteiger partial charge < -0.3 is 33.8 Å². The lowest BCUT2D eigenvalue weighted by molar-refractivity contribution is -0.161. The summed E-state index contributed by atoms with van der Waals surface area (Å²) in [4.78, 5) is 72.7. The zero-order valence-corrected chi connectivity index (χ0v) is 62.3. The van der Waals surface area contributed by atoms with Crippen LogP contribution in [0.25, 0.3) is 0 Å². The fourth-order valence-corrected chi connectivity index (χ4v) is 11.7. The number of ether oxygens (including phenoxy) is 4. The molecular formula is C77H136O17P2. The molecule has 3 N–H and O–H groups in total. The van der Waals surface area contributed by atoms with Crippen molar-refractivity contribution < 1.29 is 80.2 Å². The zero-order valence-electron chi connectivity index (χ0n) is 60.5. The van der Waals surface area contributed by atoms with Gasteiger partial charge in [0.1, 0.15) is 19.3 Å². The lowest BCUT2D eigenvalue weighted by Gasteiger charge is -2.21. The summed E-state index contributed by atoms with van der Waals surface area (Å²) in [7, 11) is -9.95. The number of hydrogen-bond donors (Lipinski definition) is 3. The van der Waals surface area contributed by atoms with Crippen molar-refractivity contribution in [2.45, 2.75) is 341 Å². The fraction of sp³-hybridized carbons (Fsp3) is 0.766. The molecule has 5 atom stereocenters. The van der Waals surface area contributed by atoms with Crippen molar-refractivity contribution in [3.63, 3.8) is 0 Å². The highest BCUT2D eigenvalue weighted by Gasteiger charge is 2.30. The van der Waals surface area contributed by atoms with Crippen LogP contribution in [-0.2, 0) is 65.4 Å². The number of rotatable bonds is 71. The van der Waals surface area contributed by atoms with Crippen LogP contribution in [0.3, 0.4) is 0 Å². The molecule has 0 aromatic heterocycles. The summed E-state index contributed by atoms with van der Waals surface area (Å²) in [5.74, 6) is -2.26. The van der Waals surface area contributed by atoms with Crippen molar-refractivity contribution in [2.24, 2.45) is 0 Å². The van der Waals surface area contributed by atoms with Gasteiger partial charge in [-0.2, -0.15) is 0 Å². The molecule has 0 bridgehead atoms. The normalized spacial score (nSPS) is 14.4. The summed E-state index contributed by atoms with van der Waals surface area (Å²) in [6.07, 6.45) is 70.3. The van der Waals surface area contributed by atoms with Crippen LogP contribution >= 0.6 is 15.6 Å². The van der Waals surface area contributed by atoms with Gasteiger partial charge in [0.05, 0.1) is 26.4 Å². The first-order valence-electron chi connectivity index (χ1n) is 37.8. The highest BCUT2D eigenvalue weighted by atomic mass is 31.2. The lowest BCUT2D eigenvalue weighted by atomic mass is 10.0. The Morgan fingerprint density at radius 1 is 0.302 bits per heavy atom. The van der Waals surface area contributed by atoms with E-state index in [9.17, 15) is 43.2 Å². The monoisotopic (exact) mass is 1390 g/mol. The van der Waals surface area contributed by atoms with Crippen molar-refractivity contribution >= 4 is 39.5 Å². The topological polar surface area (TPSA) is 237 Å². The third-order valence-electron chi connectivity index (χ3n) is 15.9. The largest absolute Gasteiger partial charge is 0.472 e. The van der Waals surface area contributed by atoms with E-state index >= 15 is 0 Å². The number of unbranched alkanes of at least 4 members (excludes halogenated alkanes) is 31. The summed E-state index contributed by atoms with van der Waals surface area (Å²) < 4.78 is 68.3. The van der Waals surface area contributed by atoms with E-state index in [1.807, 2.05) is 18.2 Å². The summed E-state index contributed by atoms with van der Waals surface area (Å²) in [6, 6.07) is 0. The maximum absolute atomic E-state index is 13.0. The highest BCUT2D eigenvalue weighted by molar-refractivity contribution is 7.47. The van der Waals surface area contributed by atoms with Crippen molar-refractivity contribution in [1.82, 2.24) is 0 Å². The smallest absolute Gasteiger partial charge is 0.462 e. The molecule has 0 aliphatic rings. The third-order valence-corrected chi connectivity index (χ3v) is 17.8. The van der Waals surface area contributed by atoms with E-state index in [0.717, 1.165) is 116 Å². The van der Waals surface area contributed by atoms with Crippen LogP contribution in [0.2, 0.25) is 0 Å². The minimum Gasteiger partial charge on any atom is -0.462 e. The van der Waals surface area contributed by atoms with Crippen molar-refractivity contribution in [1.29, 1.82) is 0 Å². The number of phosphoric acid groups is 2. The van der Waals surface area contributed by atoms with Gasteiger partial charge in [-0.25, -0.2) is 9.13 Å². The van der Waals surface area contributed by atoms with Crippen molar-refractivity contribution in [3.8, 4) is 0 Å². The first kappa shape index (κ1) is 92.2. The molecule has 19 heteroatoms. The SMILES string of the molecule is CC/C=C\C/C=C\C/C=C\C/C=C\C/C=C\C/C=C\CCC(=O)OCC(COP(=O)(O)OCC(O)COP(=O)(O)OCC(COC(=O)CCCCCCCCCCCCCCCCC)OC(=O)CCCCCCC/C=C\CCCC)OC(=O)CCCCCCCCCCCCC. The van der Waals surface area contributed by atoms with E-state index in [4.69, 9.17) is 37.0 Å². The van der Waals surface area contributed by atoms with E-state index in [1.54, 1.807) is 0 Å². The maximum Gasteiger partial charge on any atom is 0.472 e. The molecule has 0 aliphatic carbocycles. The summed E-state index contributed by atoms with van der Waals surface area (Å²) in [5, 5.41) is 10.6. The summed E-state index contributed by atoms with van der Waals surface area (Å²) in [5.41, 5.74) is 0. The standard InChI is InChI=1S/C77H136O17P2/c1-5-9-13-17-21-25-29-31-33-34-35-36-38-40-44-46-50-54-58-62-75(80)88-68-73(94-77(82)64-60-56-52-48-42-28-24-20-16-12-8-4)70-92-96(85,86)90-66-71(78)65-89-95(83,84)91-69-72(93-76(81)63-59-55-51-47-41-27-23-19-15-11-7-3)67-87-74(79)61-57-53-49-45-43-39-37-32-30-26-22-18-14-10-6-2/h9,13,19,21,23,25,31,33,35-36,40,44,50,54,71-73,78H,5-8,10-12,14-18,20,22,24,26-30,32,34,37-39,41-43,45-49,51-53,55-70H2,1-4H3,(H,83,84)(H,85,86)/b13-9-,23-19-,25-21-,33-31-,36-35-,44-40-,54-50-. The van der Waals surface area contributed by atoms with Crippen LogP contribution in [0, 0.1) is 0 Å². The summed E-state index contributed by atoms with van der Waals surface area (Å²) >= 11 is 0. The van der Waals surface area contributed by atoms with E-state index in [-0.39, 0.29) is 25.7 Å². The number of phosphoric ester groups is 2. The molecule has 0 aromatic carbocycles. The quantitative estimate of drug-likeness (QED) is 0.0169. The van der Waals surface area contributed by atoms with Gasteiger partial charge in [0.2, 0.25) is 0 Å². The molecule has 0 rings (SSSR count). The number of allylic oxidation sites excluding steroid dienone is 14. The molecule has 556 valence electrons. The Morgan fingerprint density at radius 2 is 0.573 bits per heavy atom. The van der Waals surface area contributed by atoms with Gasteiger partial charge in [-0.1, -0.05) is 299 Å². The van der Waals surface area contributed by atoms with E-state index in [0.29, 0.717) is 32.1 Å². The molecule has 0 aromatic rings. The van der Waals surface area contributed by atoms with Crippen LogP contribution in [0.4, 0.5) is 0 Å². The number of carbonyl (C=O) groups is 4. The molecule has 0 radical (unpaired) electrons. The Bertz CT molecular complexity index is 2160. The predicted octanol–water partition coefficient (Wildman–Crippen LogP) is 21.4. The fourth-order valence-electron chi connectivity index (χ4n) is 10.1. The predicted molar refractivity (Wildman–Crippen MR) is 390 cm³/mol. The molecule has 96 heavy (non-hydrogen) atoms. The molecule has 5 unspecified atom stereocenters. The van der Waals surface area contributed by atoms with Gasteiger partial charge >= 0.3 is 39.5 Å². The highest BCUT2D eigenvalue weighted by Crippen LogP contribution is 2.45. The van der Waals surface area contributed by atoms with Gasteiger partial charge in [0.15, 0.2) is 12.2 Å². The van der Waals surface area contributed by atoms with Crippen molar-refractivity contribution in [3.05, 3.63) is 85.1 Å². The Balaban J connectivity index is 5.32. The van der Waals surface area contributed by atoms with E-state index < -0.39 is 97.5 Å². The molecule has 0 amide bonds. The average Bonchev–Trinajstić information content (AvgIpc) is 1.15. The van der Waals surface area contributed by atoms with Gasteiger partial charge in [0.25, 0.3) is 0 Å². The second kappa shape index (κ2) is 69.7. The van der Waals surface area contributed by atoms with Gasteiger partial charge in [-0.05, 0) is 83.5 Å². The molecule has 0 aliphatic heterocycles. The Hall–Kier alpha value is -3.76. The third kappa shape index (κ3) is 68.8. The molecule has 0 fully saturated rings. The van der Waals surface area contributed by atoms with Crippen LogP contribution in [0.5, 0.6) is 0 Å². The van der Waals surface area contributed by atoms with Crippen LogP contribution < -0.4 is 0 Å². The van der Waals surface area contributed by atoms with Crippen molar-refractivity contribution in [2.75, 3.05) is 39.6 Å². The van der Waals surface area contributed by atoms with Crippen LogP contribution in [-0.4, -0.2) is 96.7 Å². The molecule has 0 heterocycles. The minimum absolute atomic E-state index is 0.0388. The first-order valence-corrected chi connectivity index (χ1v) is 40.8. The average molecular weight is 1400 g/mol. The Morgan fingerprint density at radius 3 is 0.927 bits per heavy atom. The minimum atomic E-state index is -4.98. The first-order chi connectivity index (χ1) is 46.7. The molecule has 0 spiro atoms. The second-order valence-corrected chi connectivity index (χ2v) is 28.1. The number of aliphatic hydroxyl groups excluding tert-OH is 1. The molecular weight excluding hydrogens is 1260 g/mol. The number of aliphatic hydroxyl groups is 1. The molecule has 17 nitrogen and oxygen atoms in total. The van der Waals surface area contributed by atoms with Gasteiger partial charge in [0, 0.05) is 25.7 Å². The Kier molecular flexibility index (Phi) is 67.0. The van der Waals surface area contributed by atoms with Gasteiger partial charge in [-0.15, -0.1) is 0 Å². The zero-order chi connectivity index (χ0) is 70.4. The molecule has 0 saturated carbocycles. The Labute approximate surface area is 583 Å². The maximum atomic E-state index is 13.0. The number of esters is 4. The van der Waals surface area contributed by atoms with E-state index in [1.165, 1.54) is 122 Å². The van der Waals surface area contributed by atoms with Gasteiger partial charge in [-0.3, -0.25) is 37.3 Å². The summed E-state index contributed by atoms with van der Waals surface area (Å²) in [6.45, 7) is 4.65. The van der Waals surface area contributed by atoms with Crippen LogP contribution in [0.1, 0.15) is 323 Å². The molecule has 0 saturated heterocycles. The van der Waals surface area contributed by atoms with E-state index in [2.05, 4.69) is 94.5 Å². The number of carbonyl (C=O) groups excluding carboxylic acids is 4.